The molecule has 0 aliphatic carbocycles. The van der Waals surface area contributed by atoms with Gasteiger partial charge in [0, 0.05) is 11.9 Å². The average Bonchev–Trinajstić information content (AvgIpc) is 2.88. The normalized spacial score (nSPS) is 11.3. The molecule has 27 heavy (non-hydrogen) atoms. The van der Waals surface area contributed by atoms with E-state index in [0.29, 0.717) is 27.1 Å². The Hall–Kier alpha value is -1.93. The molecule has 3 rings (SSSR count). The van der Waals surface area contributed by atoms with Crippen molar-refractivity contribution in [2.45, 2.75) is 20.5 Å². The zero-order chi connectivity index (χ0) is 19.7. The first-order valence-electron chi connectivity index (χ1n) is 8.25. The monoisotopic (exact) mass is 423 g/mol. The SMILES string of the molecule is Cc1cccc(NC(=O)CN(C)Cn2nc3c(Cl)cc(Cl)cn3c2=S)c1C. The van der Waals surface area contributed by atoms with Gasteiger partial charge in [0.05, 0.1) is 23.3 Å². The first-order chi connectivity index (χ1) is 12.8. The van der Waals surface area contributed by atoms with Gasteiger partial charge in [0.1, 0.15) is 0 Å². The molecule has 0 saturated carbocycles. The molecule has 1 amide bonds. The first-order valence-corrected chi connectivity index (χ1v) is 9.41. The van der Waals surface area contributed by atoms with E-state index in [-0.39, 0.29) is 12.5 Å². The van der Waals surface area contributed by atoms with Crippen LogP contribution in [0.2, 0.25) is 10.0 Å². The molecule has 0 fully saturated rings. The molecule has 0 unspecified atom stereocenters. The minimum atomic E-state index is -0.109. The zero-order valence-corrected chi connectivity index (χ0v) is 17.5. The van der Waals surface area contributed by atoms with E-state index in [1.165, 1.54) is 0 Å². The number of hydrogen-bond donors (Lipinski definition) is 1. The van der Waals surface area contributed by atoms with E-state index in [0.717, 1.165) is 16.8 Å². The Morgan fingerprint density at radius 3 is 2.81 bits per heavy atom. The Morgan fingerprint density at radius 1 is 1.33 bits per heavy atom. The number of likely N-dealkylation sites (N-methyl/N-ethyl adjacent to an activating group) is 1. The number of rotatable bonds is 5. The van der Waals surface area contributed by atoms with Crippen molar-refractivity contribution in [1.29, 1.82) is 0 Å². The minimum absolute atomic E-state index is 0.109. The number of amides is 1. The molecule has 1 aromatic carbocycles. The highest BCUT2D eigenvalue weighted by molar-refractivity contribution is 7.71. The van der Waals surface area contributed by atoms with Gasteiger partial charge in [-0.2, -0.15) is 0 Å². The Balaban J connectivity index is 1.71. The Bertz CT molecular complexity index is 1080. The van der Waals surface area contributed by atoms with Gasteiger partial charge in [0.25, 0.3) is 0 Å². The molecular formula is C18H19Cl2N5OS. The zero-order valence-electron chi connectivity index (χ0n) is 15.2. The predicted octanol–water partition coefficient (Wildman–Crippen LogP) is 4.32. The summed E-state index contributed by atoms with van der Waals surface area (Å²) in [7, 11) is 1.82. The van der Waals surface area contributed by atoms with Crippen LogP contribution in [0.3, 0.4) is 0 Å². The molecule has 0 bridgehead atoms. The van der Waals surface area contributed by atoms with Crippen molar-refractivity contribution in [2.75, 3.05) is 18.9 Å². The second-order valence-electron chi connectivity index (χ2n) is 6.43. The summed E-state index contributed by atoms with van der Waals surface area (Å²) >= 11 is 17.6. The summed E-state index contributed by atoms with van der Waals surface area (Å²) in [6.07, 6.45) is 1.67. The number of anilines is 1. The maximum Gasteiger partial charge on any atom is 0.238 e. The van der Waals surface area contributed by atoms with E-state index in [1.54, 1.807) is 21.3 Å². The van der Waals surface area contributed by atoms with Crippen molar-refractivity contribution in [3.05, 3.63) is 56.4 Å². The van der Waals surface area contributed by atoms with Gasteiger partial charge in [-0.15, -0.1) is 5.10 Å². The van der Waals surface area contributed by atoms with Crippen molar-refractivity contribution in [3.63, 3.8) is 0 Å². The fraction of sp³-hybridized carbons (Fsp3) is 0.278. The smallest absolute Gasteiger partial charge is 0.238 e. The van der Waals surface area contributed by atoms with Crippen LogP contribution >= 0.6 is 35.4 Å². The highest BCUT2D eigenvalue weighted by Crippen LogP contribution is 2.21. The van der Waals surface area contributed by atoms with Gasteiger partial charge in [-0.05, 0) is 56.4 Å². The van der Waals surface area contributed by atoms with E-state index in [9.17, 15) is 4.79 Å². The van der Waals surface area contributed by atoms with Crippen LogP contribution in [0.4, 0.5) is 5.69 Å². The summed E-state index contributed by atoms with van der Waals surface area (Å²) in [6.45, 7) is 4.53. The van der Waals surface area contributed by atoms with E-state index < -0.39 is 0 Å². The van der Waals surface area contributed by atoms with Crippen LogP contribution in [0.15, 0.2) is 30.5 Å². The lowest BCUT2D eigenvalue weighted by atomic mass is 10.1. The van der Waals surface area contributed by atoms with Crippen molar-refractivity contribution in [1.82, 2.24) is 19.1 Å². The average molecular weight is 424 g/mol. The van der Waals surface area contributed by atoms with Crippen LogP contribution in [0.25, 0.3) is 5.65 Å². The van der Waals surface area contributed by atoms with Gasteiger partial charge in [0.15, 0.2) is 5.65 Å². The van der Waals surface area contributed by atoms with Crippen LogP contribution in [0.1, 0.15) is 11.1 Å². The van der Waals surface area contributed by atoms with Crippen LogP contribution < -0.4 is 5.32 Å². The molecule has 0 aliphatic heterocycles. The number of hydrogen-bond acceptors (Lipinski definition) is 4. The Morgan fingerprint density at radius 2 is 2.07 bits per heavy atom. The summed E-state index contributed by atoms with van der Waals surface area (Å²) in [4.78, 5) is 14.2. The summed E-state index contributed by atoms with van der Waals surface area (Å²) < 4.78 is 3.72. The minimum Gasteiger partial charge on any atom is -0.325 e. The van der Waals surface area contributed by atoms with Crippen molar-refractivity contribution >= 4 is 52.7 Å². The number of nitrogens with one attached hydrogen (secondary N) is 1. The van der Waals surface area contributed by atoms with Crippen molar-refractivity contribution in [2.24, 2.45) is 0 Å². The van der Waals surface area contributed by atoms with E-state index in [1.807, 2.05) is 44.0 Å². The first kappa shape index (κ1) is 19.8. The Kier molecular flexibility index (Phi) is 5.86. The van der Waals surface area contributed by atoms with Crippen LogP contribution in [0.5, 0.6) is 0 Å². The third kappa shape index (κ3) is 4.32. The maximum atomic E-state index is 12.4. The van der Waals surface area contributed by atoms with Gasteiger partial charge in [-0.1, -0.05) is 35.3 Å². The van der Waals surface area contributed by atoms with Crippen LogP contribution in [0, 0.1) is 18.6 Å². The highest BCUT2D eigenvalue weighted by Gasteiger charge is 2.13. The molecular weight excluding hydrogens is 405 g/mol. The van der Waals surface area contributed by atoms with E-state index in [4.69, 9.17) is 35.4 Å². The number of fused-ring (bicyclic) bond motifs is 1. The molecule has 2 aromatic heterocycles. The summed E-state index contributed by atoms with van der Waals surface area (Å²) in [5.41, 5.74) is 3.54. The number of aromatic nitrogens is 3. The molecule has 0 aliphatic rings. The second-order valence-corrected chi connectivity index (χ2v) is 7.64. The third-order valence-corrected chi connectivity index (χ3v) is 5.16. The lowest BCUT2D eigenvalue weighted by Crippen LogP contribution is -2.32. The molecule has 6 nitrogen and oxygen atoms in total. The molecule has 0 radical (unpaired) electrons. The molecule has 9 heteroatoms. The summed E-state index contributed by atoms with van der Waals surface area (Å²) in [5, 5.41) is 8.26. The summed E-state index contributed by atoms with van der Waals surface area (Å²) in [6, 6.07) is 7.45. The molecule has 0 atom stereocenters. The quantitative estimate of drug-likeness (QED) is 0.620. The Labute approximate surface area is 172 Å². The number of aryl methyl sites for hydroxylation is 1. The number of benzene rings is 1. The maximum absolute atomic E-state index is 12.4. The number of nitrogens with zero attached hydrogens (tertiary/aromatic N) is 4. The predicted molar refractivity (Wildman–Crippen MR) is 111 cm³/mol. The number of carbonyl (C=O) groups excluding carboxylic acids is 1. The topological polar surface area (TPSA) is 54.6 Å². The fourth-order valence-corrected chi connectivity index (χ4v) is 3.48. The largest absolute Gasteiger partial charge is 0.325 e. The molecule has 0 spiro atoms. The third-order valence-electron chi connectivity index (χ3n) is 4.27. The van der Waals surface area contributed by atoms with Gasteiger partial charge in [-0.3, -0.25) is 14.1 Å². The van der Waals surface area contributed by atoms with Gasteiger partial charge >= 0.3 is 0 Å². The molecule has 0 saturated heterocycles. The van der Waals surface area contributed by atoms with Crippen LogP contribution in [-0.4, -0.2) is 38.6 Å². The lowest BCUT2D eigenvalue weighted by molar-refractivity contribution is -0.117. The van der Waals surface area contributed by atoms with E-state index in [2.05, 4.69) is 10.4 Å². The standard InChI is InChI=1S/C18H19Cl2N5OS/c1-11-5-4-6-15(12(11)2)21-16(26)9-23(3)10-25-18(27)24-8-13(19)7-14(20)17(24)22-25/h4-8H,9-10H2,1-3H3,(H,21,26). The lowest BCUT2D eigenvalue weighted by Gasteiger charge is -2.17. The second kappa shape index (κ2) is 7.98. The molecule has 3 aromatic rings. The van der Waals surface area contributed by atoms with E-state index >= 15 is 0 Å². The molecule has 142 valence electrons. The van der Waals surface area contributed by atoms with Crippen molar-refractivity contribution < 1.29 is 4.79 Å². The van der Waals surface area contributed by atoms with Crippen LogP contribution in [-0.2, 0) is 11.5 Å². The molecule has 2 heterocycles. The molecule has 1 N–H and O–H groups in total. The number of carbonyl (C=O) groups is 1. The number of pyridine rings is 1. The van der Waals surface area contributed by atoms with Gasteiger partial charge in [0.2, 0.25) is 10.7 Å². The number of halogens is 2. The summed E-state index contributed by atoms with van der Waals surface area (Å²) in [5.74, 6) is -0.109. The van der Waals surface area contributed by atoms with Crippen molar-refractivity contribution in [3.8, 4) is 0 Å². The van der Waals surface area contributed by atoms with Gasteiger partial charge in [-0.25, -0.2) is 4.68 Å². The highest BCUT2D eigenvalue weighted by atomic mass is 35.5. The fourth-order valence-electron chi connectivity index (χ4n) is 2.74. The van der Waals surface area contributed by atoms with Gasteiger partial charge < -0.3 is 5.32 Å².